The third kappa shape index (κ3) is 5.29. The summed E-state index contributed by atoms with van der Waals surface area (Å²) in [5, 5.41) is 2.45. The van der Waals surface area contributed by atoms with E-state index in [1.54, 1.807) is 31.2 Å². The molecule has 0 aliphatic rings. The average Bonchev–Trinajstić information content (AvgIpc) is 2.88. The Morgan fingerprint density at radius 2 is 1.74 bits per heavy atom. The van der Waals surface area contributed by atoms with Crippen molar-refractivity contribution in [2.75, 3.05) is 11.9 Å². The Morgan fingerprint density at radius 3 is 2.34 bits per heavy atom. The summed E-state index contributed by atoms with van der Waals surface area (Å²) < 4.78 is 41.0. The number of fused-ring (bicyclic) bond motifs is 1. The highest BCUT2D eigenvalue weighted by atomic mass is 19.1. The highest BCUT2D eigenvalue weighted by Crippen LogP contribution is 2.31. The minimum atomic E-state index is -0.945. The molecule has 10 heteroatoms. The monoisotopic (exact) mass is 522 g/mol. The van der Waals surface area contributed by atoms with Crippen molar-refractivity contribution in [1.29, 1.82) is 0 Å². The number of ether oxygens (including phenoxy) is 2. The molecule has 8 nitrogen and oxygen atoms in total. The first-order valence-corrected chi connectivity index (χ1v) is 11.5. The number of pyridine rings is 1. The number of benzene rings is 3. The summed E-state index contributed by atoms with van der Waals surface area (Å²) in [6.07, 6.45) is 1.57. The SMILES string of the molecule is CCOC(=O)c1cn(Cc2c(F)cccc2F)c2ccc(Oc3ccc(NC(C)=O)cc3)c(C=O)c2c1=O.[HH]. The van der Waals surface area contributed by atoms with E-state index < -0.39 is 28.6 Å². The molecule has 3 aromatic carbocycles. The maximum absolute atomic E-state index is 14.4. The predicted molar refractivity (Wildman–Crippen MR) is 138 cm³/mol. The zero-order valence-corrected chi connectivity index (χ0v) is 20.4. The molecule has 4 rings (SSSR count). The van der Waals surface area contributed by atoms with Gasteiger partial charge in [0.05, 0.1) is 29.6 Å². The molecule has 1 aromatic heterocycles. The molecule has 4 aromatic rings. The number of hydrogen-bond donors (Lipinski definition) is 1. The molecular formula is C28H24F2N2O6. The third-order valence-corrected chi connectivity index (χ3v) is 5.66. The third-order valence-electron chi connectivity index (χ3n) is 5.66. The van der Waals surface area contributed by atoms with Crippen molar-refractivity contribution in [1.82, 2.24) is 4.57 Å². The van der Waals surface area contributed by atoms with Gasteiger partial charge < -0.3 is 19.4 Å². The second-order valence-corrected chi connectivity index (χ2v) is 8.22. The van der Waals surface area contributed by atoms with E-state index in [2.05, 4.69) is 5.32 Å². The molecule has 0 aliphatic carbocycles. The molecule has 196 valence electrons. The normalized spacial score (nSPS) is 10.7. The van der Waals surface area contributed by atoms with Gasteiger partial charge in [0.1, 0.15) is 28.7 Å². The molecule has 0 unspecified atom stereocenters. The number of esters is 1. The first kappa shape index (κ1) is 26.2. The molecule has 0 saturated carbocycles. The lowest BCUT2D eigenvalue weighted by molar-refractivity contribution is -0.114. The minimum absolute atomic E-state index is 0. The molecule has 1 amide bonds. The molecule has 0 atom stereocenters. The lowest BCUT2D eigenvalue weighted by Crippen LogP contribution is -2.22. The Labute approximate surface area is 216 Å². The number of amides is 1. The zero-order chi connectivity index (χ0) is 27.4. The number of anilines is 1. The van der Waals surface area contributed by atoms with Crippen molar-refractivity contribution in [2.24, 2.45) is 0 Å². The topological polar surface area (TPSA) is 104 Å². The number of hydrogen-bond acceptors (Lipinski definition) is 6. The fourth-order valence-corrected chi connectivity index (χ4v) is 3.97. The molecule has 38 heavy (non-hydrogen) atoms. The van der Waals surface area contributed by atoms with Gasteiger partial charge in [-0.2, -0.15) is 0 Å². The van der Waals surface area contributed by atoms with Crippen molar-refractivity contribution in [3.8, 4) is 11.5 Å². The van der Waals surface area contributed by atoms with E-state index >= 15 is 0 Å². The predicted octanol–water partition coefficient (Wildman–Crippen LogP) is 5.31. The average molecular weight is 523 g/mol. The van der Waals surface area contributed by atoms with Crippen LogP contribution in [0.25, 0.3) is 10.9 Å². The fourth-order valence-electron chi connectivity index (χ4n) is 3.97. The Hall–Kier alpha value is -4.86. The van der Waals surface area contributed by atoms with Crippen LogP contribution in [0.4, 0.5) is 14.5 Å². The van der Waals surface area contributed by atoms with E-state index in [-0.39, 0.29) is 48.3 Å². The Balaban J connectivity index is 0.00000420. The lowest BCUT2D eigenvalue weighted by atomic mass is 10.0. The van der Waals surface area contributed by atoms with Crippen molar-refractivity contribution in [3.63, 3.8) is 0 Å². The van der Waals surface area contributed by atoms with Crippen molar-refractivity contribution >= 4 is 34.8 Å². The molecule has 0 radical (unpaired) electrons. The summed E-state index contributed by atoms with van der Waals surface area (Å²) in [5.74, 6) is -2.50. The summed E-state index contributed by atoms with van der Waals surface area (Å²) in [4.78, 5) is 49.5. The molecule has 1 N–H and O–H groups in total. The molecule has 0 bridgehead atoms. The highest BCUT2D eigenvalue weighted by molar-refractivity contribution is 6.02. The van der Waals surface area contributed by atoms with Crippen LogP contribution in [0.1, 0.15) is 41.6 Å². The standard InChI is InChI=1S/C28H22F2N2O6.H2/c1-3-37-28(36)20-14-32(13-19-22(29)5-4-6-23(19)30)24-11-12-25(21(15-33)26(24)27(20)35)38-18-9-7-17(8-10-18)31-16(2)34;/h4-12,14-15H,3,13H2,1-2H3,(H,31,34);1H. The van der Waals surface area contributed by atoms with Gasteiger partial charge >= 0.3 is 5.97 Å². The smallest absolute Gasteiger partial charge is 0.343 e. The number of carbonyl (C=O) groups excluding carboxylic acids is 3. The van der Waals surface area contributed by atoms with Crippen molar-refractivity contribution in [2.45, 2.75) is 20.4 Å². The number of rotatable bonds is 8. The molecule has 1 heterocycles. The van der Waals surface area contributed by atoms with E-state index in [1.165, 1.54) is 29.7 Å². The number of nitrogens with zero attached hydrogens (tertiary/aromatic N) is 1. The second-order valence-electron chi connectivity index (χ2n) is 8.22. The number of aldehydes is 1. The van der Waals surface area contributed by atoms with Crippen LogP contribution >= 0.6 is 0 Å². The van der Waals surface area contributed by atoms with E-state index in [0.717, 1.165) is 18.3 Å². The van der Waals surface area contributed by atoms with Crippen LogP contribution in [0.5, 0.6) is 11.5 Å². The quantitative estimate of drug-likeness (QED) is 0.248. The van der Waals surface area contributed by atoms with Gasteiger partial charge in [0.25, 0.3) is 0 Å². The van der Waals surface area contributed by atoms with Crippen LogP contribution in [0.3, 0.4) is 0 Å². The summed E-state index contributed by atoms with van der Waals surface area (Å²) >= 11 is 0. The summed E-state index contributed by atoms with van der Waals surface area (Å²) in [7, 11) is 0. The number of nitrogens with one attached hydrogen (secondary N) is 1. The lowest BCUT2D eigenvalue weighted by Gasteiger charge is -2.17. The van der Waals surface area contributed by atoms with Gasteiger partial charge in [-0.25, -0.2) is 13.6 Å². The Kier molecular flexibility index (Phi) is 7.61. The zero-order valence-electron chi connectivity index (χ0n) is 20.4. The highest BCUT2D eigenvalue weighted by Gasteiger charge is 2.22. The fraction of sp³-hybridized carbons (Fsp3) is 0.143. The summed E-state index contributed by atoms with van der Waals surface area (Å²) in [6, 6.07) is 12.6. The van der Waals surface area contributed by atoms with Crippen LogP contribution in [0.15, 0.2) is 65.6 Å². The van der Waals surface area contributed by atoms with Crippen LogP contribution in [0.2, 0.25) is 0 Å². The Bertz CT molecular complexity index is 1600. The molecule has 0 fully saturated rings. The van der Waals surface area contributed by atoms with Crippen LogP contribution in [-0.4, -0.2) is 29.3 Å². The summed E-state index contributed by atoms with van der Waals surface area (Å²) in [5.41, 5.74) is -0.970. The summed E-state index contributed by atoms with van der Waals surface area (Å²) in [6.45, 7) is 2.54. The van der Waals surface area contributed by atoms with E-state index in [4.69, 9.17) is 9.47 Å². The number of aromatic nitrogens is 1. The van der Waals surface area contributed by atoms with Crippen molar-refractivity contribution in [3.05, 3.63) is 99.3 Å². The Morgan fingerprint density at radius 1 is 1.05 bits per heavy atom. The van der Waals surface area contributed by atoms with Gasteiger partial charge in [-0.3, -0.25) is 14.4 Å². The molecular weight excluding hydrogens is 498 g/mol. The van der Waals surface area contributed by atoms with E-state index in [0.29, 0.717) is 17.7 Å². The van der Waals surface area contributed by atoms with Gasteiger partial charge in [-0.15, -0.1) is 0 Å². The van der Waals surface area contributed by atoms with Crippen molar-refractivity contribution < 1.29 is 34.1 Å². The van der Waals surface area contributed by atoms with Crippen LogP contribution in [-0.2, 0) is 16.1 Å². The first-order valence-electron chi connectivity index (χ1n) is 11.5. The van der Waals surface area contributed by atoms with E-state index in [9.17, 15) is 28.0 Å². The first-order chi connectivity index (χ1) is 18.2. The maximum atomic E-state index is 14.4. The van der Waals surface area contributed by atoms with Gasteiger partial charge in [0.2, 0.25) is 11.3 Å². The van der Waals surface area contributed by atoms with Crippen LogP contribution in [0, 0.1) is 11.6 Å². The van der Waals surface area contributed by atoms with Gasteiger partial charge in [0.15, 0.2) is 6.29 Å². The van der Waals surface area contributed by atoms with E-state index in [1.807, 2.05) is 0 Å². The number of carbonyl (C=O) groups is 3. The van der Waals surface area contributed by atoms with Gasteiger partial charge in [0, 0.05) is 25.8 Å². The van der Waals surface area contributed by atoms with Gasteiger partial charge in [-0.05, 0) is 55.5 Å². The maximum Gasteiger partial charge on any atom is 0.343 e. The van der Waals surface area contributed by atoms with Gasteiger partial charge in [-0.1, -0.05) is 6.07 Å². The second kappa shape index (κ2) is 11.0. The minimum Gasteiger partial charge on any atom is -0.462 e. The largest absolute Gasteiger partial charge is 0.462 e. The molecule has 0 aliphatic heterocycles. The number of halogens is 2. The van der Waals surface area contributed by atoms with Crippen LogP contribution < -0.4 is 15.5 Å². The molecule has 0 saturated heterocycles. The molecule has 0 spiro atoms.